The zero-order valence-corrected chi connectivity index (χ0v) is 30.8. The van der Waals surface area contributed by atoms with Crippen LogP contribution in [0.4, 0.5) is 0 Å². The number of piperidine rings is 2. The van der Waals surface area contributed by atoms with Gasteiger partial charge in [0.05, 0.1) is 22.9 Å². The normalized spacial score (nSPS) is 36.7. The van der Waals surface area contributed by atoms with Crippen LogP contribution in [0.5, 0.6) is 11.5 Å². The molecule has 0 N–H and O–H groups in total. The van der Waals surface area contributed by atoms with Gasteiger partial charge in [0.15, 0.2) is 23.8 Å². The number of nitrogens with zero attached hydrogens (tertiary/aromatic N) is 2. The van der Waals surface area contributed by atoms with Crippen LogP contribution in [-0.2, 0) is 57.1 Å². The Hall–Kier alpha value is -4.25. The molecule has 8 atom stereocenters. The minimum atomic E-state index is -0.909. The van der Waals surface area contributed by atoms with E-state index in [1.807, 2.05) is 24.8 Å². The van der Waals surface area contributed by atoms with Crippen LogP contribution in [0.2, 0.25) is 0 Å². The Bertz CT molecular complexity index is 2010. The Balaban J connectivity index is 0.000000139. The molecule has 2 spiro atoms. The van der Waals surface area contributed by atoms with Gasteiger partial charge in [0.2, 0.25) is 5.91 Å². The number of amides is 1. The number of aryl methyl sites for hydroxylation is 2. The Morgan fingerprint density at radius 3 is 1.63 bits per heavy atom. The van der Waals surface area contributed by atoms with Crippen molar-refractivity contribution in [2.45, 2.75) is 132 Å². The van der Waals surface area contributed by atoms with Crippen LogP contribution < -0.4 is 9.47 Å². The smallest absolute Gasteiger partial charge is 0.303 e. The van der Waals surface area contributed by atoms with E-state index in [0.717, 1.165) is 58.7 Å². The summed E-state index contributed by atoms with van der Waals surface area (Å²) < 4.78 is 24.8. The summed E-state index contributed by atoms with van der Waals surface area (Å²) in [5.41, 5.74) is 3.80. The molecule has 4 fully saturated rings. The summed E-state index contributed by atoms with van der Waals surface area (Å²) in [4.78, 5) is 66.7. The predicted octanol–water partition coefficient (Wildman–Crippen LogP) is 3.75. The molecule has 1 amide bonds. The summed E-state index contributed by atoms with van der Waals surface area (Å²) in [6, 6.07) is 8.17. The second kappa shape index (κ2) is 10.9. The van der Waals surface area contributed by atoms with Crippen molar-refractivity contribution in [2.24, 2.45) is 0 Å². The van der Waals surface area contributed by atoms with Gasteiger partial charge in [-0.15, -0.1) is 0 Å². The lowest BCUT2D eigenvalue weighted by Crippen LogP contribution is -2.78. The van der Waals surface area contributed by atoms with Gasteiger partial charge in [-0.3, -0.25) is 28.9 Å². The van der Waals surface area contributed by atoms with Crippen molar-refractivity contribution in [3.05, 3.63) is 57.6 Å². The molecule has 4 heterocycles. The molecule has 4 aliphatic carbocycles. The van der Waals surface area contributed by atoms with E-state index in [1.54, 1.807) is 6.92 Å². The monoisotopic (exact) mass is 710 g/mol. The number of benzene rings is 2. The molecule has 2 aromatic carbocycles. The first-order chi connectivity index (χ1) is 24.7. The molecule has 2 saturated carbocycles. The lowest BCUT2D eigenvalue weighted by Gasteiger charge is -2.63. The van der Waals surface area contributed by atoms with E-state index in [2.05, 4.69) is 30.1 Å². The molecule has 11 heteroatoms. The molecule has 0 radical (unpaired) electrons. The summed E-state index contributed by atoms with van der Waals surface area (Å²) in [5.74, 6) is 1.19. The van der Waals surface area contributed by atoms with E-state index < -0.39 is 34.2 Å². The van der Waals surface area contributed by atoms with Gasteiger partial charge in [-0.1, -0.05) is 24.3 Å². The van der Waals surface area contributed by atoms with Crippen LogP contribution >= 0.6 is 0 Å². The minimum absolute atomic E-state index is 0.0236. The molecule has 2 aromatic rings. The number of Topliss-reactive ketones (excluding diaryl/α,β-unsaturated/α-hetero) is 2. The number of carbonyl (C=O) groups excluding carboxylic acids is 5. The van der Waals surface area contributed by atoms with Gasteiger partial charge in [-0.25, -0.2) is 0 Å². The molecule has 2 saturated heterocycles. The van der Waals surface area contributed by atoms with Crippen LogP contribution in [0.1, 0.15) is 92.7 Å². The highest BCUT2D eigenvalue weighted by Gasteiger charge is 2.76. The van der Waals surface area contributed by atoms with E-state index in [4.69, 9.17) is 18.9 Å². The summed E-state index contributed by atoms with van der Waals surface area (Å²) in [5, 5.41) is 0. The summed E-state index contributed by atoms with van der Waals surface area (Å²) in [6.07, 6.45) is 3.36. The van der Waals surface area contributed by atoms with Crippen molar-refractivity contribution in [3.8, 4) is 11.5 Å². The molecular weight excluding hydrogens is 664 g/mol. The molecular formula is C41H46N2O9. The molecule has 11 nitrogen and oxygen atoms in total. The average molecular weight is 711 g/mol. The van der Waals surface area contributed by atoms with Crippen LogP contribution in [-0.4, -0.2) is 94.8 Å². The third-order valence-corrected chi connectivity index (χ3v) is 14.2. The summed E-state index contributed by atoms with van der Waals surface area (Å²) in [6.45, 7) is 9.89. The number of ether oxygens (including phenoxy) is 4. The average Bonchev–Trinajstić information content (AvgIpc) is 3.63. The van der Waals surface area contributed by atoms with Crippen LogP contribution in [0.15, 0.2) is 24.3 Å². The quantitative estimate of drug-likeness (QED) is 0.425. The van der Waals surface area contributed by atoms with Crippen LogP contribution in [0.3, 0.4) is 0 Å². The molecule has 0 aromatic heterocycles. The molecule has 4 bridgehead atoms. The Morgan fingerprint density at radius 1 is 0.692 bits per heavy atom. The summed E-state index contributed by atoms with van der Waals surface area (Å²) >= 11 is 0. The number of carbonyl (C=O) groups is 5. The van der Waals surface area contributed by atoms with Crippen molar-refractivity contribution in [1.29, 1.82) is 0 Å². The SMILES string of the molecule is CC(=O)O[C@@]12CCC(=O)[C@@H]3Oc4c(C)ccc5c4[C@@]31CCN(C(C)=O)[C@@H]2C5.CC(=O)O[C@@]12CCC(=O)[C@@H]3Oc4c(C)ccc5c4[C@@]31CCN(C)[C@@H]2C5. The fraction of sp³-hybridized carbons (Fsp3) is 0.585. The van der Waals surface area contributed by atoms with Crippen molar-refractivity contribution < 1.29 is 42.9 Å². The lowest BCUT2D eigenvalue weighted by atomic mass is 9.48. The number of ketones is 2. The molecule has 274 valence electrons. The largest absolute Gasteiger partial charge is 0.481 e. The van der Waals surface area contributed by atoms with E-state index >= 15 is 0 Å². The third-order valence-electron chi connectivity index (χ3n) is 14.2. The lowest BCUT2D eigenvalue weighted by molar-refractivity contribution is -0.214. The molecule has 10 rings (SSSR count). The maximum atomic E-state index is 12.9. The summed E-state index contributed by atoms with van der Waals surface area (Å²) in [7, 11) is 2.10. The highest BCUT2D eigenvalue weighted by Crippen LogP contribution is 2.66. The van der Waals surface area contributed by atoms with E-state index in [0.29, 0.717) is 45.1 Å². The number of rotatable bonds is 2. The standard InChI is InChI=1S/C21H23NO5.C20H23NO4/c1-11-4-5-14-10-16-21(27-13(3)24)7-6-15(25)19-20(21,17(14)18(11)26-19)8-9-22(16)12(2)23;1-11-4-5-13-10-15-20(25-12(2)22)7-6-14(23)18-19(20,8-9-21(15)3)16(13)17(11)24-18/h4-5,16,19H,6-10H2,1-3H3;4-5,15,18H,6-10H2,1-3H3/t16-,19+,20+,21-;15-,18+,19+,20-/m11/s1. The van der Waals surface area contributed by atoms with Crippen molar-refractivity contribution in [2.75, 3.05) is 20.1 Å². The number of hydrogen-bond donors (Lipinski definition) is 0. The van der Waals surface area contributed by atoms with Crippen LogP contribution in [0.25, 0.3) is 0 Å². The number of likely N-dealkylation sites (tertiary alicyclic amines) is 2. The van der Waals surface area contributed by atoms with Crippen LogP contribution in [0, 0.1) is 13.8 Å². The minimum Gasteiger partial charge on any atom is -0.481 e. The Morgan fingerprint density at radius 2 is 1.15 bits per heavy atom. The van der Waals surface area contributed by atoms with Crippen molar-refractivity contribution in [3.63, 3.8) is 0 Å². The molecule has 8 aliphatic rings. The van der Waals surface area contributed by atoms with Gasteiger partial charge >= 0.3 is 11.9 Å². The zero-order chi connectivity index (χ0) is 36.7. The van der Waals surface area contributed by atoms with Gasteiger partial charge < -0.3 is 23.8 Å². The fourth-order valence-corrected chi connectivity index (χ4v) is 12.4. The van der Waals surface area contributed by atoms with E-state index in [9.17, 15) is 24.0 Å². The molecule has 4 aliphatic heterocycles. The number of hydrogen-bond acceptors (Lipinski definition) is 10. The molecule has 0 unspecified atom stereocenters. The van der Waals surface area contributed by atoms with E-state index in [1.165, 1.54) is 19.4 Å². The van der Waals surface area contributed by atoms with Crippen molar-refractivity contribution in [1.82, 2.24) is 9.80 Å². The Labute approximate surface area is 303 Å². The number of esters is 2. The second-order valence-corrected chi connectivity index (χ2v) is 16.5. The van der Waals surface area contributed by atoms with Gasteiger partial charge in [0, 0.05) is 51.3 Å². The highest BCUT2D eigenvalue weighted by molar-refractivity contribution is 5.91. The maximum Gasteiger partial charge on any atom is 0.303 e. The zero-order valence-electron chi connectivity index (χ0n) is 30.8. The number of likely N-dealkylation sites (N-methyl/N-ethyl adjacent to an activating group) is 1. The highest BCUT2D eigenvalue weighted by atomic mass is 16.6. The maximum absolute atomic E-state index is 12.9. The predicted molar refractivity (Wildman–Crippen MR) is 186 cm³/mol. The second-order valence-electron chi connectivity index (χ2n) is 16.5. The first-order valence-corrected chi connectivity index (χ1v) is 18.7. The first-order valence-electron chi connectivity index (χ1n) is 18.7. The topological polar surface area (TPSA) is 129 Å². The molecule has 52 heavy (non-hydrogen) atoms. The van der Waals surface area contributed by atoms with Gasteiger partial charge in [-0.2, -0.15) is 0 Å². The van der Waals surface area contributed by atoms with Gasteiger partial charge in [0.25, 0.3) is 0 Å². The van der Waals surface area contributed by atoms with Gasteiger partial charge in [0.1, 0.15) is 22.7 Å². The van der Waals surface area contributed by atoms with E-state index in [-0.39, 0.29) is 41.5 Å². The fourth-order valence-electron chi connectivity index (χ4n) is 12.4. The first kappa shape index (κ1) is 33.6. The Kier molecular flexibility index (Phi) is 7.04. The van der Waals surface area contributed by atoms with Gasteiger partial charge in [-0.05, 0) is 88.2 Å². The third kappa shape index (κ3) is 3.88. The van der Waals surface area contributed by atoms with Crippen molar-refractivity contribution >= 4 is 29.4 Å².